The molecule has 0 saturated heterocycles. The molecular weight excluding hydrogens is 1410 g/mol. The highest BCUT2D eigenvalue weighted by molar-refractivity contribution is 8.76. The number of nitrogens with one attached hydrogen (secondary N) is 1. The summed E-state index contributed by atoms with van der Waals surface area (Å²) in [4.78, 5) is 71.7. The Morgan fingerprint density at radius 1 is 0.400 bits per heavy atom. The fraction of sp³-hybridized carbons (Fsp3) is 0.0230. The first-order chi connectivity index (χ1) is 51.4. The summed E-state index contributed by atoms with van der Waals surface area (Å²) in [5, 5.41) is 20.0. The molecule has 7 aromatic carbocycles. The van der Waals surface area contributed by atoms with Gasteiger partial charge in [0.2, 0.25) is 0 Å². The number of thiol groups is 1. The molecule has 1 aromatic heterocycles. The van der Waals surface area contributed by atoms with E-state index in [0.29, 0.717) is 55.8 Å². The number of ether oxygens (including phenoxy) is 1. The van der Waals surface area contributed by atoms with Crippen molar-refractivity contribution in [3.05, 3.63) is 366 Å². The molecular formula is C87H55NO12S5. The first kappa shape index (κ1) is 67.6. The smallest absolute Gasteiger partial charge is 0.344 e. The highest BCUT2D eigenvalue weighted by Gasteiger charge is 2.29. The van der Waals surface area contributed by atoms with E-state index in [-0.39, 0.29) is 39.7 Å². The Hall–Kier alpha value is -11.9. The lowest BCUT2D eigenvalue weighted by Crippen LogP contribution is -2.08. The lowest BCUT2D eigenvalue weighted by molar-refractivity contribution is 0.0730. The summed E-state index contributed by atoms with van der Waals surface area (Å²) in [6, 6.07) is 83.1. The first-order valence-corrected chi connectivity index (χ1v) is 38.0. The zero-order valence-electron chi connectivity index (χ0n) is 55.1. The number of benzene rings is 7. The number of allylic oxidation sites excluding steroid dienone is 2. The molecule has 0 unspecified atom stereocenters. The first-order valence-electron chi connectivity index (χ1n) is 33.1. The van der Waals surface area contributed by atoms with Gasteiger partial charge in [0.25, 0.3) is 0 Å². The van der Waals surface area contributed by atoms with Crippen LogP contribution in [0.15, 0.2) is 347 Å². The van der Waals surface area contributed by atoms with Gasteiger partial charge in [0.15, 0.2) is 0 Å². The van der Waals surface area contributed by atoms with Crippen molar-refractivity contribution in [1.29, 1.82) is 0 Å². The van der Waals surface area contributed by atoms with Crippen molar-refractivity contribution in [2.24, 2.45) is 0 Å². The van der Waals surface area contributed by atoms with Crippen LogP contribution >= 0.6 is 55.8 Å². The van der Waals surface area contributed by atoms with Crippen molar-refractivity contribution in [3.63, 3.8) is 0 Å². The number of rotatable bonds is 13. The van der Waals surface area contributed by atoms with Gasteiger partial charge in [-0.05, 0) is 166 Å². The third-order valence-corrected chi connectivity index (χ3v) is 22.6. The predicted molar refractivity (Wildman–Crippen MR) is 421 cm³/mol. The highest BCUT2D eigenvalue weighted by atomic mass is 33.1. The molecule has 0 bridgehead atoms. The highest BCUT2D eigenvalue weighted by Crippen LogP contribution is 2.46. The average Bonchev–Trinajstić information content (AvgIpc) is 1.62. The van der Waals surface area contributed by atoms with Crippen LogP contribution < -0.4 is 27.2 Å². The van der Waals surface area contributed by atoms with E-state index in [1.807, 2.05) is 200 Å². The van der Waals surface area contributed by atoms with Crippen molar-refractivity contribution in [2.75, 3.05) is 0 Å². The maximum atomic E-state index is 13.1. The van der Waals surface area contributed by atoms with E-state index in [1.165, 1.54) is 51.4 Å². The van der Waals surface area contributed by atoms with Crippen molar-refractivity contribution in [1.82, 2.24) is 4.98 Å². The minimum Gasteiger partial charge on any atom is -0.508 e. The van der Waals surface area contributed by atoms with Crippen molar-refractivity contribution in [2.45, 2.75) is 37.3 Å². The van der Waals surface area contributed by atoms with Gasteiger partial charge in [0.05, 0.1) is 32.7 Å². The second-order valence-corrected chi connectivity index (χ2v) is 29.1. The van der Waals surface area contributed by atoms with Crippen molar-refractivity contribution >= 4 is 83.8 Å². The maximum absolute atomic E-state index is 13.1. The molecule has 10 aliphatic rings. The van der Waals surface area contributed by atoms with E-state index in [0.717, 1.165) is 121 Å². The molecule has 5 heterocycles. The van der Waals surface area contributed by atoms with Gasteiger partial charge in [0.1, 0.15) is 40.3 Å². The van der Waals surface area contributed by atoms with Gasteiger partial charge in [0, 0.05) is 70.6 Å². The Balaban J connectivity index is 0.000000125. The van der Waals surface area contributed by atoms with Crippen molar-refractivity contribution in [3.8, 4) is 95.9 Å². The number of H-pyrrole nitrogens is 1. The normalized spacial score (nSPS) is 12.1. The summed E-state index contributed by atoms with van der Waals surface area (Å²) in [6.45, 7) is 0. The van der Waals surface area contributed by atoms with E-state index in [1.54, 1.807) is 42.1 Å². The van der Waals surface area contributed by atoms with Crippen LogP contribution in [0.3, 0.4) is 0 Å². The molecule has 105 heavy (non-hydrogen) atoms. The summed E-state index contributed by atoms with van der Waals surface area (Å²) in [5.41, 5.74) is 15.3. The lowest BCUT2D eigenvalue weighted by atomic mass is 9.97. The Morgan fingerprint density at radius 3 is 1.42 bits per heavy atom. The zero-order chi connectivity index (χ0) is 71.7. The van der Waals surface area contributed by atoms with Gasteiger partial charge >= 0.3 is 28.5 Å². The van der Waals surface area contributed by atoms with E-state index >= 15 is 0 Å². The fourth-order valence-corrected chi connectivity index (χ4v) is 16.8. The van der Waals surface area contributed by atoms with Crippen LogP contribution in [-0.4, -0.2) is 21.2 Å². The number of aromatic nitrogens is 1. The van der Waals surface area contributed by atoms with Gasteiger partial charge in [-0.2, -0.15) is 0 Å². The van der Waals surface area contributed by atoms with Crippen LogP contribution in [0.5, 0.6) is 17.2 Å². The van der Waals surface area contributed by atoms with Crippen LogP contribution in [0.4, 0.5) is 0 Å². The number of hydrogen-bond donors (Lipinski definition) is 4. The number of para-hydroxylation sites is 1. The molecule has 0 radical (unpaired) electrons. The monoisotopic (exact) mass is 1470 g/mol. The molecule has 510 valence electrons. The molecule has 0 fully saturated rings. The van der Waals surface area contributed by atoms with Gasteiger partial charge in [-0.15, -0.1) is 11.7 Å². The number of phenols is 2. The number of hydrogen-bond acceptors (Lipinski definition) is 17. The molecule has 0 amide bonds. The number of esters is 1. The van der Waals surface area contributed by atoms with Gasteiger partial charge in [-0.1, -0.05) is 214 Å². The van der Waals surface area contributed by atoms with E-state index in [4.69, 9.17) is 22.4 Å². The average molecular weight is 1470 g/mol. The topological polar surface area (TPSA) is 203 Å². The minimum absolute atomic E-state index is 0.0508. The number of furan rings is 4. The number of carbonyl (C=O) groups excluding carboxylic acids is 1. The lowest BCUT2D eigenvalue weighted by Gasteiger charge is -2.06. The molecule has 6 aliphatic carbocycles. The Kier molecular flexibility index (Phi) is 19.0. The van der Waals surface area contributed by atoms with E-state index < -0.39 is 11.6 Å². The molecule has 0 spiro atoms. The molecule has 18 heteroatoms. The molecule has 4 aliphatic heterocycles. The Labute approximate surface area is 620 Å². The van der Waals surface area contributed by atoms with Crippen LogP contribution in [0.1, 0.15) is 43.7 Å². The van der Waals surface area contributed by atoms with E-state index in [9.17, 15) is 34.2 Å². The molecule has 0 atom stereocenters. The predicted octanol–water partition coefficient (Wildman–Crippen LogP) is 21.3. The van der Waals surface area contributed by atoms with Gasteiger partial charge in [-0.25, -0.2) is 24.0 Å². The second-order valence-electron chi connectivity index (χ2n) is 24.5. The summed E-state index contributed by atoms with van der Waals surface area (Å²) >= 11 is 5.84. The molecule has 13 nitrogen and oxygen atoms in total. The SMILES string of the molecule is O=C(Oc1cc2oc(=O)c(C3=CCc4ccccc43)c-2ccc1SS)c1ccc(O)cc1.O=c1oc2cc(SSc3cccc4c(-c5ccc(-c6c[nH]c7ccccc67)cc5)c(=O)oc-4c3)cccc-2c1-c1ccccc1.O=c1oc2cc(Sc3ccc(O)cc3)cccc-2c1C1=CCc2ccccc21. The fourth-order valence-electron chi connectivity index (χ4n) is 13.2. The van der Waals surface area contributed by atoms with Crippen LogP contribution in [0.25, 0.3) is 101 Å². The summed E-state index contributed by atoms with van der Waals surface area (Å²) in [6.07, 6.45) is 7.74. The number of aromatic amines is 1. The van der Waals surface area contributed by atoms with Crippen LogP contribution in [-0.2, 0) is 12.8 Å². The summed E-state index contributed by atoms with van der Waals surface area (Å²) in [5.74, 6) is 1.87. The summed E-state index contributed by atoms with van der Waals surface area (Å²) in [7, 11) is 4.19. The van der Waals surface area contributed by atoms with E-state index in [2.05, 4.69) is 47.0 Å². The summed E-state index contributed by atoms with van der Waals surface area (Å²) < 4.78 is 28.2. The Morgan fingerprint density at radius 2 is 0.848 bits per heavy atom. The number of aromatic hydroxyl groups is 2. The molecule has 0 saturated carbocycles. The number of fused-ring (bicyclic) bond motifs is 7. The quantitative estimate of drug-likeness (QED) is 0.0482. The maximum Gasteiger partial charge on any atom is 0.344 e. The van der Waals surface area contributed by atoms with Crippen LogP contribution in [0.2, 0.25) is 0 Å². The number of carbonyl (C=O) groups is 1. The minimum atomic E-state index is -0.602. The van der Waals surface area contributed by atoms with Crippen LogP contribution in [0, 0.1) is 0 Å². The standard InChI is InChI=1S/C38H23NO4S2.C25H16O5S2.C24H16O3S/c40-37-35(24-8-2-1-3-9-24)29-13-6-10-26(20-33(29)42-37)44-45-27-11-7-14-30-34(21-27)43-38(41)36(30)25-18-16-23(17-19-25)31-22-39-32-15-5-4-12-28(31)32;26-16-8-5-15(6-9-16)24(27)30-21-13-20-19(11-12-22(21)32-31)23(25(28)29-20)18-10-7-14-3-1-2-4-17(14)18;25-16-9-11-17(12-10-16)28-18-5-3-7-21-22(14-18)27-24(26)23(21)20-13-8-15-4-1-2-6-19(15)20/h1-22,39H;1-6,8-13,26,31H,7H2;1-7,9-14,25H,8H2. The zero-order valence-corrected chi connectivity index (χ0v) is 59.3. The number of phenolic OH excluding ortho intramolecular Hbond substituents is 2. The van der Waals surface area contributed by atoms with Gasteiger partial charge in [-0.3, -0.25) is 0 Å². The molecule has 8 aromatic rings. The largest absolute Gasteiger partial charge is 0.508 e. The third kappa shape index (κ3) is 13.9. The van der Waals surface area contributed by atoms with Crippen molar-refractivity contribution < 1.29 is 37.4 Å². The Bertz CT molecular complexity index is 6170. The molecule has 3 N–H and O–H groups in total. The molecule has 18 rings (SSSR count). The third-order valence-electron chi connectivity index (χ3n) is 18.1. The van der Waals surface area contributed by atoms with Gasteiger partial charge < -0.3 is 37.6 Å². The second kappa shape index (κ2) is 29.5.